The van der Waals surface area contributed by atoms with Crippen LogP contribution in [0.3, 0.4) is 0 Å². The summed E-state index contributed by atoms with van der Waals surface area (Å²) in [4.78, 5) is 0. The summed E-state index contributed by atoms with van der Waals surface area (Å²) in [5, 5.41) is 10.2. The summed E-state index contributed by atoms with van der Waals surface area (Å²) in [6.07, 6.45) is -0.114. The van der Waals surface area contributed by atoms with Crippen molar-refractivity contribution < 1.29 is 23.4 Å². The summed E-state index contributed by atoms with van der Waals surface area (Å²) in [5.74, 6) is -1.82. The first-order valence-electron chi connectivity index (χ1n) is 5.60. The molecule has 3 nitrogen and oxygen atoms in total. The van der Waals surface area contributed by atoms with E-state index in [1.807, 2.05) is 0 Å². The zero-order valence-electron chi connectivity index (χ0n) is 10.7. The van der Waals surface area contributed by atoms with Crippen molar-refractivity contribution in [1.82, 2.24) is 0 Å². The predicted octanol–water partition coefficient (Wildman–Crippen LogP) is 2.27. The van der Waals surface area contributed by atoms with E-state index < -0.39 is 23.5 Å². The van der Waals surface area contributed by atoms with Gasteiger partial charge in [0.25, 0.3) is 0 Å². The van der Waals surface area contributed by atoms with Gasteiger partial charge in [-0.1, -0.05) is 6.07 Å². The molecular weight excluding hydrogens is 242 g/mol. The fourth-order valence-corrected chi connectivity index (χ4v) is 1.78. The minimum absolute atomic E-state index is 0.188. The first-order valence-corrected chi connectivity index (χ1v) is 5.60. The van der Waals surface area contributed by atoms with E-state index in [0.717, 1.165) is 12.1 Å². The Bertz CT molecular complexity index is 390. The van der Waals surface area contributed by atoms with Crippen LogP contribution in [0, 0.1) is 11.6 Å². The van der Waals surface area contributed by atoms with Gasteiger partial charge in [0, 0.05) is 27.1 Å². The molecule has 18 heavy (non-hydrogen) atoms. The number of halogens is 2. The summed E-state index contributed by atoms with van der Waals surface area (Å²) in [6, 6.07) is 3.57. The van der Waals surface area contributed by atoms with Crippen LogP contribution in [-0.4, -0.2) is 31.2 Å². The summed E-state index contributed by atoms with van der Waals surface area (Å²) < 4.78 is 35.8. The van der Waals surface area contributed by atoms with Crippen LogP contribution in [-0.2, 0) is 15.9 Å². The molecule has 1 aromatic rings. The second-order valence-corrected chi connectivity index (χ2v) is 4.53. The lowest BCUT2D eigenvalue weighted by atomic mass is 9.93. The van der Waals surface area contributed by atoms with Crippen molar-refractivity contribution in [2.75, 3.05) is 14.2 Å². The third-order valence-electron chi connectivity index (χ3n) is 2.70. The van der Waals surface area contributed by atoms with Gasteiger partial charge in [0.1, 0.15) is 0 Å². The molecule has 0 heterocycles. The highest BCUT2D eigenvalue weighted by Crippen LogP contribution is 2.21. The lowest BCUT2D eigenvalue weighted by molar-refractivity contribution is -0.139. The molecule has 0 aliphatic heterocycles. The van der Waals surface area contributed by atoms with E-state index >= 15 is 0 Å². The van der Waals surface area contributed by atoms with Gasteiger partial charge in [-0.25, -0.2) is 8.78 Å². The number of aliphatic hydroxyl groups is 1. The van der Waals surface area contributed by atoms with Gasteiger partial charge in [-0.3, -0.25) is 0 Å². The monoisotopic (exact) mass is 260 g/mol. The first kappa shape index (κ1) is 15.0. The fourth-order valence-electron chi connectivity index (χ4n) is 1.78. The number of hydrogen-bond acceptors (Lipinski definition) is 3. The Morgan fingerprint density at radius 2 is 1.83 bits per heavy atom. The number of ether oxygens (including phenoxy) is 2. The third-order valence-corrected chi connectivity index (χ3v) is 2.70. The second kappa shape index (κ2) is 6.22. The fraction of sp³-hybridized carbons (Fsp3) is 0.538. The van der Waals surface area contributed by atoms with Crippen molar-refractivity contribution in [2.24, 2.45) is 0 Å². The van der Waals surface area contributed by atoms with Gasteiger partial charge in [0.15, 0.2) is 17.9 Å². The quantitative estimate of drug-likeness (QED) is 0.797. The summed E-state index contributed by atoms with van der Waals surface area (Å²) >= 11 is 0. The molecule has 0 bridgehead atoms. The Morgan fingerprint density at radius 1 is 1.22 bits per heavy atom. The van der Waals surface area contributed by atoms with Crippen LogP contribution in [0.1, 0.15) is 18.9 Å². The molecule has 0 fully saturated rings. The van der Waals surface area contributed by atoms with Gasteiger partial charge in [-0.15, -0.1) is 0 Å². The average Bonchev–Trinajstić information content (AvgIpc) is 2.30. The molecule has 102 valence electrons. The normalized spacial score (nSPS) is 14.8. The maximum absolute atomic E-state index is 13.0. The lowest BCUT2D eigenvalue weighted by Gasteiger charge is -2.27. The van der Waals surface area contributed by atoms with Crippen molar-refractivity contribution in [3.05, 3.63) is 35.4 Å². The van der Waals surface area contributed by atoms with Crippen molar-refractivity contribution in [3.63, 3.8) is 0 Å². The Kier molecular flexibility index (Phi) is 5.19. The molecular formula is C13H18F2O3. The van der Waals surface area contributed by atoms with E-state index in [1.165, 1.54) is 20.3 Å². The highest BCUT2D eigenvalue weighted by molar-refractivity contribution is 5.19. The van der Waals surface area contributed by atoms with Crippen LogP contribution >= 0.6 is 0 Å². The molecule has 0 aromatic heterocycles. The van der Waals surface area contributed by atoms with Gasteiger partial charge < -0.3 is 14.6 Å². The highest BCUT2D eigenvalue weighted by Gasteiger charge is 2.26. The predicted molar refractivity (Wildman–Crippen MR) is 63.1 cm³/mol. The second-order valence-electron chi connectivity index (χ2n) is 4.53. The van der Waals surface area contributed by atoms with Crippen LogP contribution in [0.5, 0.6) is 0 Å². The van der Waals surface area contributed by atoms with Gasteiger partial charge in [-0.2, -0.15) is 0 Å². The number of hydrogen-bond donors (Lipinski definition) is 1. The van der Waals surface area contributed by atoms with Crippen LogP contribution < -0.4 is 0 Å². The van der Waals surface area contributed by atoms with Crippen molar-refractivity contribution >= 4 is 0 Å². The molecule has 0 radical (unpaired) electrons. The van der Waals surface area contributed by atoms with Gasteiger partial charge in [0.2, 0.25) is 0 Å². The SMILES string of the molecule is COC(CC(C)(O)Cc1ccc(F)c(F)c1)OC. The van der Waals surface area contributed by atoms with Crippen molar-refractivity contribution in [2.45, 2.75) is 31.7 Å². The largest absolute Gasteiger partial charge is 0.390 e. The van der Waals surface area contributed by atoms with Crippen LogP contribution in [0.2, 0.25) is 0 Å². The van der Waals surface area contributed by atoms with Gasteiger partial charge >= 0.3 is 0 Å². The van der Waals surface area contributed by atoms with Crippen molar-refractivity contribution in [1.29, 1.82) is 0 Å². The molecule has 1 aromatic carbocycles. The van der Waals surface area contributed by atoms with Crippen LogP contribution in [0.4, 0.5) is 8.78 Å². The molecule has 1 atom stereocenters. The third kappa shape index (κ3) is 4.33. The topological polar surface area (TPSA) is 38.7 Å². The van der Waals surface area contributed by atoms with E-state index in [-0.39, 0.29) is 12.8 Å². The molecule has 0 saturated heterocycles. The summed E-state index contributed by atoms with van der Waals surface area (Å²) in [5.41, 5.74) is -0.606. The van der Waals surface area contributed by atoms with E-state index in [9.17, 15) is 13.9 Å². The molecule has 0 aliphatic rings. The van der Waals surface area contributed by atoms with Gasteiger partial charge in [0.05, 0.1) is 5.60 Å². The molecule has 0 saturated carbocycles. The molecule has 5 heteroatoms. The Balaban J connectivity index is 2.72. The number of rotatable bonds is 6. The lowest BCUT2D eigenvalue weighted by Crippen LogP contribution is -2.34. The smallest absolute Gasteiger partial charge is 0.159 e. The van der Waals surface area contributed by atoms with Crippen molar-refractivity contribution in [3.8, 4) is 0 Å². The minimum atomic E-state index is -1.12. The maximum atomic E-state index is 13.0. The highest BCUT2D eigenvalue weighted by atomic mass is 19.2. The molecule has 0 amide bonds. The molecule has 0 aliphatic carbocycles. The average molecular weight is 260 g/mol. The van der Waals surface area contributed by atoms with E-state index in [2.05, 4.69) is 0 Å². The summed E-state index contributed by atoms with van der Waals surface area (Å²) in [6.45, 7) is 1.60. The zero-order valence-corrected chi connectivity index (χ0v) is 10.7. The molecule has 1 rings (SSSR count). The molecule has 0 spiro atoms. The Morgan fingerprint density at radius 3 is 2.33 bits per heavy atom. The Labute approximate surface area is 105 Å². The van der Waals surface area contributed by atoms with E-state index in [1.54, 1.807) is 6.92 Å². The standard InChI is InChI=1S/C13H18F2O3/c1-13(16,8-12(17-2)18-3)7-9-4-5-10(14)11(15)6-9/h4-6,12,16H,7-8H2,1-3H3. The number of methoxy groups -OCH3 is 2. The van der Waals surface area contributed by atoms with Gasteiger partial charge in [-0.05, 0) is 24.6 Å². The zero-order chi connectivity index (χ0) is 13.8. The molecule has 1 N–H and O–H groups in total. The Hall–Kier alpha value is -1.04. The van der Waals surface area contributed by atoms with Crippen LogP contribution in [0.25, 0.3) is 0 Å². The number of benzene rings is 1. The summed E-state index contributed by atoms with van der Waals surface area (Å²) in [7, 11) is 2.95. The maximum Gasteiger partial charge on any atom is 0.159 e. The van der Waals surface area contributed by atoms with E-state index in [0.29, 0.717) is 5.56 Å². The van der Waals surface area contributed by atoms with Crippen LogP contribution in [0.15, 0.2) is 18.2 Å². The molecule has 1 unspecified atom stereocenters. The van der Waals surface area contributed by atoms with E-state index in [4.69, 9.17) is 9.47 Å². The first-order chi connectivity index (χ1) is 8.38. The minimum Gasteiger partial charge on any atom is -0.390 e.